The molecule has 0 aliphatic carbocycles. The third-order valence-corrected chi connectivity index (χ3v) is 4.06. The molecule has 5 heteroatoms. The van der Waals surface area contributed by atoms with Gasteiger partial charge in [0.25, 0.3) is 5.91 Å². The van der Waals surface area contributed by atoms with Gasteiger partial charge >= 0.3 is 0 Å². The Bertz CT molecular complexity index is 508. The van der Waals surface area contributed by atoms with Crippen LogP contribution in [0.1, 0.15) is 16.6 Å². The van der Waals surface area contributed by atoms with E-state index in [0.29, 0.717) is 6.54 Å². The van der Waals surface area contributed by atoms with Crippen LogP contribution in [0.3, 0.4) is 0 Å². The second-order valence-electron chi connectivity index (χ2n) is 4.15. The molecule has 1 amide bonds. The standard InChI is InChI=1S/C13H16N2OS.ClH/c1-9(8-14)15(2)13(16)12-7-10-5-3-4-6-11(10)17-12;/h3-7,9H,8,14H2,1-2H3;1H. The molecule has 1 aromatic carbocycles. The summed E-state index contributed by atoms with van der Waals surface area (Å²) in [6.45, 7) is 2.43. The molecule has 1 unspecified atom stereocenters. The zero-order chi connectivity index (χ0) is 12.4. The number of carbonyl (C=O) groups excluding carboxylic acids is 1. The summed E-state index contributed by atoms with van der Waals surface area (Å²) >= 11 is 1.53. The molecule has 0 spiro atoms. The Morgan fingerprint density at radius 2 is 2.11 bits per heavy atom. The predicted molar refractivity (Wildman–Crippen MR) is 79.7 cm³/mol. The molecule has 2 N–H and O–H groups in total. The molecule has 2 aromatic rings. The van der Waals surface area contributed by atoms with Gasteiger partial charge in [-0.2, -0.15) is 0 Å². The van der Waals surface area contributed by atoms with Crippen LogP contribution < -0.4 is 5.73 Å². The van der Waals surface area contributed by atoms with Crippen molar-refractivity contribution in [3.63, 3.8) is 0 Å². The first-order chi connectivity index (χ1) is 8.13. The lowest BCUT2D eigenvalue weighted by atomic mass is 10.2. The molecule has 2 rings (SSSR count). The second-order valence-corrected chi connectivity index (χ2v) is 5.23. The minimum absolute atomic E-state index is 0. The molecule has 0 bridgehead atoms. The van der Waals surface area contributed by atoms with Crippen LogP contribution in [-0.4, -0.2) is 30.4 Å². The van der Waals surface area contributed by atoms with Crippen molar-refractivity contribution < 1.29 is 4.79 Å². The van der Waals surface area contributed by atoms with Gasteiger partial charge in [0.2, 0.25) is 0 Å². The largest absolute Gasteiger partial charge is 0.337 e. The number of fused-ring (bicyclic) bond motifs is 1. The molecule has 0 aliphatic heterocycles. The van der Waals surface area contributed by atoms with Crippen molar-refractivity contribution in [1.29, 1.82) is 0 Å². The fourth-order valence-electron chi connectivity index (χ4n) is 1.62. The minimum atomic E-state index is 0. The summed E-state index contributed by atoms with van der Waals surface area (Å²) in [6.07, 6.45) is 0. The summed E-state index contributed by atoms with van der Waals surface area (Å²) < 4.78 is 1.14. The van der Waals surface area contributed by atoms with Crippen molar-refractivity contribution in [1.82, 2.24) is 4.90 Å². The van der Waals surface area contributed by atoms with Crippen LogP contribution in [0.25, 0.3) is 10.1 Å². The van der Waals surface area contributed by atoms with Gasteiger partial charge in [-0.05, 0) is 24.4 Å². The number of thiophene rings is 1. The van der Waals surface area contributed by atoms with Crippen molar-refractivity contribution >= 4 is 39.7 Å². The van der Waals surface area contributed by atoms with E-state index in [0.717, 1.165) is 15.0 Å². The van der Waals surface area contributed by atoms with E-state index >= 15 is 0 Å². The third-order valence-electron chi connectivity index (χ3n) is 2.96. The summed E-state index contributed by atoms with van der Waals surface area (Å²) in [4.78, 5) is 14.7. The van der Waals surface area contributed by atoms with E-state index in [4.69, 9.17) is 5.73 Å². The highest BCUT2D eigenvalue weighted by Gasteiger charge is 2.18. The van der Waals surface area contributed by atoms with Crippen LogP contribution in [0.15, 0.2) is 30.3 Å². The van der Waals surface area contributed by atoms with Crippen LogP contribution in [0.5, 0.6) is 0 Å². The maximum Gasteiger partial charge on any atom is 0.263 e. The molecule has 1 heterocycles. The van der Waals surface area contributed by atoms with Gasteiger partial charge in [0.15, 0.2) is 0 Å². The number of benzene rings is 1. The fourth-order valence-corrected chi connectivity index (χ4v) is 2.66. The first-order valence-corrected chi connectivity index (χ1v) is 6.41. The molecule has 98 valence electrons. The van der Waals surface area contributed by atoms with Crippen LogP contribution in [-0.2, 0) is 0 Å². The van der Waals surface area contributed by atoms with E-state index in [1.807, 2.05) is 37.3 Å². The van der Waals surface area contributed by atoms with Crippen molar-refractivity contribution in [3.8, 4) is 0 Å². The van der Waals surface area contributed by atoms with Gasteiger partial charge in [-0.15, -0.1) is 23.7 Å². The van der Waals surface area contributed by atoms with Crippen LogP contribution in [0.2, 0.25) is 0 Å². The number of nitrogens with two attached hydrogens (primary N) is 1. The zero-order valence-corrected chi connectivity index (χ0v) is 12.1. The highest BCUT2D eigenvalue weighted by Crippen LogP contribution is 2.26. The maximum absolute atomic E-state index is 12.2. The smallest absolute Gasteiger partial charge is 0.263 e. The molecule has 18 heavy (non-hydrogen) atoms. The number of hydrogen-bond donors (Lipinski definition) is 1. The van der Waals surface area contributed by atoms with Crippen LogP contribution in [0, 0.1) is 0 Å². The average Bonchev–Trinajstić information content (AvgIpc) is 2.79. The summed E-state index contributed by atoms with van der Waals surface area (Å²) in [7, 11) is 1.80. The summed E-state index contributed by atoms with van der Waals surface area (Å²) in [6, 6.07) is 10.0. The maximum atomic E-state index is 12.2. The van der Waals surface area contributed by atoms with E-state index in [2.05, 4.69) is 0 Å². The predicted octanol–water partition coefficient (Wildman–Crippen LogP) is 2.74. The Balaban J connectivity index is 0.00000162. The number of likely N-dealkylation sites (N-methyl/N-ethyl adjacent to an activating group) is 1. The monoisotopic (exact) mass is 284 g/mol. The molecule has 1 aromatic heterocycles. The lowest BCUT2D eigenvalue weighted by Crippen LogP contribution is -2.39. The lowest BCUT2D eigenvalue weighted by Gasteiger charge is -2.22. The third kappa shape index (κ3) is 2.83. The Morgan fingerprint density at radius 3 is 2.72 bits per heavy atom. The molecule has 1 atom stereocenters. The van der Waals surface area contributed by atoms with E-state index in [1.165, 1.54) is 11.3 Å². The summed E-state index contributed by atoms with van der Waals surface area (Å²) in [5.74, 6) is 0.0455. The van der Waals surface area contributed by atoms with Gasteiger partial charge < -0.3 is 10.6 Å². The van der Waals surface area contributed by atoms with Gasteiger partial charge in [-0.1, -0.05) is 18.2 Å². The van der Waals surface area contributed by atoms with E-state index in [1.54, 1.807) is 11.9 Å². The number of amides is 1. The van der Waals surface area contributed by atoms with Crippen LogP contribution >= 0.6 is 23.7 Å². The first-order valence-electron chi connectivity index (χ1n) is 5.59. The molecule has 0 saturated heterocycles. The SMILES string of the molecule is CC(CN)N(C)C(=O)c1cc2ccccc2s1.Cl. The number of hydrogen-bond acceptors (Lipinski definition) is 3. The highest BCUT2D eigenvalue weighted by molar-refractivity contribution is 7.20. The van der Waals surface area contributed by atoms with Gasteiger partial charge in [-0.3, -0.25) is 4.79 Å². The number of nitrogens with zero attached hydrogens (tertiary/aromatic N) is 1. The molecular formula is C13H17ClN2OS. The van der Waals surface area contributed by atoms with E-state index < -0.39 is 0 Å². The van der Waals surface area contributed by atoms with Gasteiger partial charge in [-0.25, -0.2) is 0 Å². The zero-order valence-electron chi connectivity index (χ0n) is 10.4. The fraction of sp³-hybridized carbons (Fsp3) is 0.308. The quantitative estimate of drug-likeness (QED) is 0.942. The Labute approximate surface area is 117 Å². The van der Waals surface area contributed by atoms with Gasteiger partial charge in [0, 0.05) is 24.3 Å². The summed E-state index contributed by atoms with van der Waals surface area (Å²) in [5.41, 5.74) is 5.57. The number of halogens is 1. The topological polar surface area (TPSA) is 46.3 Å². The molecule has 0 aliphatic rings. The Hall–Kier alpha value is -1.10. The lowest BCUT2D eigenvalue weighted by molar-refractivity contribution is 0.0753. The normalized spacial score (nSPS) is 11.9. The van der Waals surface area contributed by atoms with Crippen LogP contribution in [0.4, 0.5) is 0 Å². The van der Waals surface area contributed by atoms with E-state index in [9.17, 15) is 4.79 Å². The van der Waals surface area contributed by atoms with Crippen molar-refractivity contribution in [2.75, 3.05) is 13.6 Å². The Kier molecular flexibility index (Phi) is 5.14. The average molecular weight is 285 g/mol. The van der Waals surface area contributed by atoms with Crippen molar-refractivity contribution in [2.45, 2.75) is 13.0 Å². The van der Waals surface area contributed by atoms with Crippen molar-refractivity contribution in [2.24, 2.45) is 5.73 Å². The molecule has 0 fully saturated rings. The molecule has 0 saturated carbocycles. The first kappa shape index (κ1) is 15.0. The van der Waals surface area contributed by atoms with Gasteiger partial charge in [0.05, 0.1) is 4.88 Å². The molecule has 0 radical (unpaired) electrons. The highest BCUT2D eigenvalue weighted by atomic mass is 35.5. The van der Waals surface area contributed by atoms with Crippen molar-refractivity contribution in [3.05, 3.63) is 35.2 Å². The number of rotatable bonds is 3. The Morgan fingerprint density at radius 1 is 1.44 bits per heavy atom. The van der Waals surface area contributed by atoms with Gasteiger partial charge in [0.1, 0.15) is 0 Å². The second kappa shape index (κ2) is 6.18. The van der Waals surface area contributed by atoms with E-state index in [-0.39, 0.29) is 24.4 Å². The molecular weight excluding hydrogens is 268 g/mol. The summed E-state index contributed by atoms with van der Waals surface area (Å²) in [5, 5.41) is 1.12. The molecule has 3 nitrogen and oxygen atoms in total. The minimum Gasteiger partial charge on any atom is -0.337 e. The number of carbonyl (C=O) groups is 1.